The van der Waals surface area contributed by atoms with Gasteiger partial charge >= 0.3 is 0 Å². The van der Waals surface area contributed by atoms with E-state index in [1.54, 1.807) is 24.4 Å². The zero-order chi connectivity index (χ0) is 14.3. The van der Waals surface area contributed by atoms with E-state index < -0.39 is 16.1 Å². The highest BCUT2D eigenvalue weighted by molar-refractivity contribution is 7.89. The second-order valence-corrected chi connectivity index (χ2v) is 7.01. The molecule has 20 heavy (non-hydrogen) atoms. The van der Waals surface area contributed by atoms with E-state index in [1.165, 1.54) is 8.71 Å². The molecular weight excluding hydrogens is 302 g/mol. The van der Waals surface area contributed by atoms with Crippen molar-refractivity contribution in [3.63, 3.8) is 0 Å². The number of fused-ring (bicyclic) bond motifs is 1. The molecule has 0 unspecified atom stereocenters. The van der Waals surface area contributed by atoms with E-state index >= 15 is 0 Å². The molecule has 3 heterocycles. The number of aromatic nitrogens is 2. The first-order valence-corrected chi connectivity index (χ1v) is 8.13. The fraction of sp³-hybridized carbons (Fsp3) is 0.417. The summed E-state index contributed by atoms with van der Waals surface area (Å²) in [4.78, 5) is 4.05. The summed E-state index contributed by atoms with van der Waals surface area (Å²) < 4.78 is 28.1. The molecule has 0 radical (unpaired) electrons. The van der Waals surface area contributed by atoms with E-state index in [1.807, 2.05) is 0 Å². The Bertz CT molecular complexity index is 743. The van der Waals surface area contributed by atoms with Gasteiger partial charge in [0.1, 0.15) is 5.65 Å². The topological polar surface area (TPSA) is 74.9 Å². The lowest BCUT2D eigenvalue weighted by atomic mass is 10.1. The summed E-state index contributed by atoms with van der Waals surface area (Å²) in [6.45, 7) is 0.481. The highest BCUT2D eigenvalue weighted by atomic mass is 35.5. The molecule has 0 bridgehead atoms. The van der Waals surface area contributed by atoms with Crippen LogP contribution >= 0.6 is 11.6 Å². The normalized spacial score (nSPS) is 21.4. The zero-order valence-electron chi connectivity index (χ0n) is 10.6. The van der Waals surface area contributed by atoms with E-state index in [2.05, 4.69) is 4.98 Å². The maximum Gasteiger partial charge on any atom is 0.262 e. The quantitative estimate of drug-likeness (QED) is 0.901. The lowest BCUT2D eigenvalue weighted by Gasteiger charge is -2.28. The van der Waals surface area contributed by atoms with Crippen LogP contribution in [0.5, 0.6) is 0 Å². The third-order valence-corrected chi connectivity index (χ3v) is 5.66. The van der Waals surface area contributed by atoms with Crippen molar-refractivity contribution in [3.8, 4) is 0 Å². The van der Waals surface area contributed by atoms with Crippen LogP contribution in [-0.2, 0) is 10.0 Å². The van der Waals surface area contributed by atoms with Crippen LogP contribution in [0.25, 0.3) is 5.65 Å². The number of imidazole rings is 1. The maximum atomic E-state index is 12.7. The van der Waals surface area contributed by atoms with Crippen LogP contribution in [0.4, 0.5) is 0 Å². The zero-order valence-corrected chi connectivity index (χ0v) is 12.2. The Kier molecular flexibility index (Phi) is 3.45. The minimum atomic E-state index is -3.77. The van der Waals surface area contributed by atoms with Gasteiger partial charge in [-0.25, -0.2) is 13.4 Å². The molecule has 0 saturated carbocycles. The number of pyridine rings is 1. The molecule has 2 aromatic rings. The van der Waals surface area contributed by atoms with Crippen LogP contribution in [0.3, 0.4) is 0 Å². The standard InChI is InChI=1S/C12H14ClN3O3S/c13-11-12(16-7-2-1-5-10(16)14-11)20(18,19)15-6-3-4-9(17)8-15/h1-2,5,7,9,17H,3-4,6,8H2/t9-/m0/s1. The Morgan fingerprint density at radius 3 is 2.95 bits per heavy atom. The Hall–Kier alpha value is -1.15. The van der Waals surface area contributed by atoms with Crippen LogP contribution in [-0.4, -0.2) is 46.4 Å². The minimum Gasteiger partial charge on any atom is -0.392 e. The Morgan fingerprint density at radius 2 is 2.20 bits per heavy atom. The first kappa shape index (κ1) is 13.8. The second-order valence-electron chi connectivity index (χ2n) is 4.80. The number of aliphatic hydroxyl groups excluding tert-OH is 1. The van der Waals surface area contributed by atoms with Gasteiger partial charge in [0, 0.05) is 19.3 Å². The number of aliphatic hydroxyl groups is 1. The van der Waals surface area contributed by atoms with Gasteiger partial charge in [-0.1, -0.05) is 17.7 Å². The number of sulfonamides is 1. The van der Waals surface area contributed by atoms with E-state index in [9.17, 15) is 13.5 Å². The molecule has 1 atom stereocenters. The summed E-state index contributed by atoms with van der Waals surface area (Å²) >= 11 is 6.01. The third kappa shape index (κ3) is 2.20. The summed E-state index contributed by atoms with van der Waals surface area (Å²) in [7, 11) is -3.77. The summed E-state index contributed by atoms with van der Waals surface area (Å²) in [5.74, 6) is 0. The molecule has 0 spiro atoms. The number of rotatable bonds is 2. The van der Waals surface area contributed by atoms with E-state index in [0.29, 0.717) is 25.0 Å². The highest BCUT2D eigenvalue weighted by Crippen LogP contribution is 2.27. The van der Waals surface area contributed by atoms with Crippen molar-refractivity contribution in [2.24, 2.45) is 0 Å². The Balaban J connectivity index is 2.11. The van der Waals surface area contributed by atoms with Gasteiger partial charge in [-0.05, 0) is 25.0 Å². The average molecular weight is 316 g/mol. The van der Waals surface area contributed by atoms with Crippen molar-refractivity contribution in [2.75, 3.05) is 13.1 Å². The van der Waals surface area contributed by atoms with E-state index in [0.717, 1.165) is 0 Å². The molecular formula is C12H14ClN3O3S. The largest absolute Gasteiger partial charge is 0.392 e. The molecule has 1 aliphatic rings. The molecule has 2 aromatic heterocycles. The number of hydrogen-bond donors (Lipinski definition) is 1. The average Bonchev–Trinajstić information content (AvgIpc) is 2.75. The van der Waals surface area contributed by atoms with Crippen LogP contribution in [0, 0.1) is 0 Å². The van der Waals surface area contributed by atoms with Crippen LogP contribution in [0.2, 0.25) is 5.15 Å². The molecule has 0 aromatic carbocycles. The maximum absolute atomic E-state index is 12.7. The van der Waals surface area contributed by atoms with Crippen LogP contribution in [0.1, 0.15) is 12.8 Å². The van der Waals surface area contributed by atoms with Crippen LogP contribution in [0.15, 0.2) is 29.4 Å². The third-order valence-electron chi connectivity index (χ3n) is 3.39. The molecule has 0 aliphatic carbocycles. The SMILES string of the molecule is O=S(=O)(c1c(Cl)nc2ccccn12)N1CCC[C@H](O)C1. The first-order valence-electron chi connectivity index (χ1n) is 6.31. The number of piperidine rings is 1. The van der Waals surface area contributed by atoms with Gasteiger partial charge in [0.15, 0.2) is 10.2 Å². The number of β-amino-alcohol motifs (C(OH)–C–C–N with tert-alkyl or cyclic N) is 1. The molecule has 3 rings (SSSR count). The van der Waals surface area contributed by atoms with Crippen LogP contribution < -0.4 is 0 Å². The predicted octanol–water partition coefficient (Wildman–Crippen LogP) is 1.13. The summed E-state index contributed by atoms with van der Waals surface area (Å²) in [5, 5.41) is 9.58. The van der Waals surface area contributed by atoms with Crippen molar-refractivity contribution in [2.45, 2.75) is 24.0 Å². The van der Waals surface area contributed by atoms with Gasteiger partial charge in [-0.3, -0.25) is 4.40 Å². The van der Waals surface area contributed by atoms with E-state index in [4.69, 9.17) is 11.6 Å². The van der Waals surface area contributed by atoms with Gasteiger partial charge in [0.05, 0.1) is 6.10 Å². The van der Waals surface area contributed by atoms with Crippen molar-refractivity contribution >= 4 is 27.3 Å². The second kappa shape index (κ2) is 5.00. The number of halogens is 1. The van der Waals surface area contributed by atoms with Gasteiger partial charge in [0.25, 0.3) is 10.0 Å². The minimum absolute atomic E-state index is 0.0381. The molecule has 8 heteroatoms. The van der Waals surface area contributed by atoms with Gasteiger partial charge in [0.2, 0.25) is 0 Å². The molecule has 1 aliphatic heterocycles. The van der Waals surface area contributed by atoms with Crippen molar-refractivity contribution in [1.82, 2.24) is 13.7 Å². The van der Waals surface area contributed by atoms with Gasteiger partial charge in [-0.2, -0.15) is 4.31 Å². The van der Waals surface area contributed by atoms with Gasteiger partial charge < -0.3 is 5.11 Å². The number of nitrogens with zero attached hydrogens (tertiary/aromatic N) is 3. The summed E-state index contributed by atoms with van der Waals surface area (Å²) in [6, 6.07) is 5.17. The summed E-state index contributed by atoms with van der Waals surface area (Å²) in [5.41, 5.74) is 0.480. The first-order chi connectivity index (χ1) is 9.50. The van der Waals surface area contributed by atoms with Crippen molar-refractivity contribution in [1.29, 1.82) is 0 Å². The fourth-order valence-electron chi connectivity index (χ4n) is 2.44. The lowest BCUT2D eigenvalue weighted by Crippen LogP contribution is -2.42. The Labute approximate surface area is 121 Å². The summed E-state index contributed by atoms with van der Waals surface area (Å²) in [6.07, 6.45) is 2.24. The molecule has 1 fully saturated rings. The van der Waals surface area contributed by atoms with Crippen molar-refractivity contribution < 1.29 is 13.5 Å². The fourth-order valence-corrected chi connectivity index (χ4v) is 4.55. The molecule has 108 valence electrons. The lowest BCUT2D eigenvalue weighted by molar-refractivity contribution is 0.108. The predicted molar refractivity (Wildman–Crippen MR) is 74.2 cm³/mol. The van der Waals surface area contributed by atoms with E-state index in [-0.39, 0.29) is 16.7 Å². The monoisotopic (exact) mass is 315 g/mol. The Morgan fingerprint density at radius 1 is 1.40 bits per heavy atom. The smallest absolute Gasteiger partial charge is 0.262 e. The molecule has 1 N–H and O–H groups in total. The molecule has 0 amide bonds. The molecule has 6 nitrogen and oxygen atoms in total. The van der Waals surface area contributed by atoms with Gasteiger partial charge in [-0.15, -0.1) is 0 Å². The highest BCUT2D eigenvalue weighted by Gasteiger charge is 2.34. The van der Waals surface area contributed by atoms with Crippen molar-refractivity contribution in [3.05, 3.63) is 29.5 Å². The molecule has 1 saturated heterocycles. The number of hydrogen-bond acceptors (Lipinski definition) is 4.